The van der Waals surface area contributed by atoms with Gasteiger partial charge in [-0.15, -0.1) is 0 Å². The molecule has 8 atom stereocenters. The van der Waals surface area contributed by atoms with Crippen LogP contribution in [0.1, 0.15) is 179 Å². The molecule has 10 rings (SSSR count). The standard InChI is InChI=1S/C102H136N22O20S/c1-101(2)71-31-25-53-122(51-21-9-15-37-83(126)107-47-19-17-33-75-95(137)116-73(35-23-49-109-99(103)104)93(135)111-60-85(128)113-77(58-87(130)131)80(125)57-68(92(134)115-75)55-64-27-11-7-12-28-64)90(71)120-81(101)45-39-66-62-124(5,6)63-67(89(66)144-69-41-43-70(44-42-69)145(141,142)143)40-46-82-102(3,4)72-32-26-54-123(91(72)121-82)52-22-10-16-38-84(127)108-48-20-18-34-76-96(138)117-74(36-24-50-110-100(105)106)94(136)112-61-86(129)114-79(59-88(132)133)98(140)119-78(97(139)118-76)56-65-29-13-8-14-30-65/h7-8,11-14,25-32,39-46,53-54,68,73-79H,9-10,15-24,33-38,47-52,55-63H2,1-6H3,(H20-2,103,104,105,106,107,108,109,110,111,112,113,114,115,116,117,118,119,126,127,128,129,130,131,132,133,134,135,136,137,138,139,140,141,142,143)/p+2/t68-,73?,74?,75-,76+,77-,78-,79+/m1/s1. The van der Waals surface area contributed by atoms with Gasteiger partial charge in [-0.3, -0.25) is 82.5 Å². The number of amides is 11. The number of carbonyl (C=O) groups is 14. The van der Waals surface area contributed by atoms with Gasteiger partial charge in [0, 0.05) is 92.7 Å². The molecule has 0 spiro atoms. The molecule has 7 heterocycles. The number of aliphatic carboxylic acids is 2. The van der Waals surface area contributed by atoms with Gasteiger partial charge in [0.25, 0.3) is 10.1 Å². The van der Waals surface area contributed by atoms with E-state index in [0.717, 1.165) is 51.8 Å². The van der Waals surface area contributed by atoms with E-state index in [-0.39, 0.29) is 119 Å². The number of hydrogen-bond donors (Lipinski definition) is 20. The molecule has 42 nitrogen and oxygen atoms in total. The van der Waals surface area contributed by atoms with Gasteiger partial charge in [-0.2, -0.15) is 8.42 Å². The predicted molar refractivity (Wildman–Crippen MR) is 539 cm³/mol. The van der Waals surface area contributed by atoms with Crippen LogP contribution in [-0.4, -0.2) is 254 Å². The number of unbranched alkanes of at least 4 members (excludes halogenated alkanes) is 6. The highest BCUT2D eigenvalue weighted by atomic mass is 32.2. The van der Waals surface area contributed by atoms with E-state index >= 15 is 0 Å². The highest BCUT2D eigenvalue weighted by molar-refractivity contribution is 7.85. The number of hydrogen-bond acceptors (Lipinski definition) is 22. The first-order valence-corrected chi connectivity index (χ1v) is 50.6. The predicted octanol–water partition coefficient (Wildman–Crippen LogP) is 3.45. The van der Waals surface area contributed by atoms with Crippen molar-refractivity contribution < 1.29 is 104 Å². The molecular formula is C102H138N22O20S+2. The number of Topliss-reactive ketones (excluding diaryl/α,β-unsaturated/α-hetero) is 1. The Hall–Kier alpha value is -14.6. The SMILES string of the molecule is CC1(C)C2=CC=CN(CCCCCC(=O)NCCCC[C@@H]3NC(=O)[C@@H](Cc4ccccc4)NC(=O)[C@H](CC(=O)O)NC(=O)CNC(=O)C(CCCNC(=N)N)NC3=O)C2=N/C1=C/C=C1\C[N+](C)(C)CC(/C=C/C2=Nc3c(ccc[n+]3CCCCCC(=O)NCCCC[C@H]3NC(=O)[C@H](Cc4ccccc4)CC(=O)[C@@H](CC(=O)O)NC(=O)CNC(=O)C(CCCNC(=N)N)NC3=O)C2(C)C)=C1Oc1ccc(S(=O)(=O)O)cc1. The van der Waals surface area contributed by atoms with Gasteiger partial charge in [-0.05, 0) is 199 Å². The topological polar surface area (TPSA) is 631 Å². The number of likely N-dealkylation sites (N-methyl/N-ethyl adjacent to an activating group) is 1. The molecule has 0 radical (unpaired) electrons. The number of nitrogens with two attached hydrogens (primary N) is 2. The number of aliphatic imine (C=N–C) groups is 2. The fraction of sp³-hybridized carbons (Fsp3) is 0.480. The summed E-state index contributed by atoms with van der Waals surface area (Å²) in [4.78, 5) is 201. The van der Waals surface area contributed by atoms with Gasteiger partial charge in [0.15, 0.2) is 23.4 Å². The highest BCUT2D eigenvalue weighted by Gasteiger charge is 2.45. The number of ether oxygens (including phenoxy) is 1. The molecule has 4 aromatic rings. The molecule has 43 heteroatoms. The largest absolute Gasteiger partial charge is 0.481 e. The van der Waals surface area contributed by atoms with Crippen molar-refractivity contribution in [3.05, 3.63) is 191 Å². The van der Waals surface area contributed by atoms with Crippen LogP contribution in [0.5, 0.6) is 5.75 Å². The lowest BCUT2D eigenvalue weighted by molar-refractivity contribution is -0.882. The minimum atomic E-state index is -4.53. The number of nitrogens with zero attached hydrogens (tertiary/aromatic N) is 5. The second-order valence-corrected chi connectivity index (χ2v) is 40.1. The third kappa shape index (κ3) is 34.9. The fourth-order valence-electron chi connectivity index (χ4n) is 17.9. The fourth-order valence-corrected chi connectivity index (χ4v) is 18.4. The summed E-state index contributed by atoms with van der Waals surface area (Å²) in [5.41, 5.74) is 16.3. The molecule has 780 valence electrons. The van der Waals surface area contributed by atoms with Crippen LogP contribution in [0.15, 0.2) is 189 Å². The number of allylic oxidation sites excluding steroid dienone is 6. The van der Waals surface area contributed by atoms with E-state index in [9.17, 15) is 90.3 Å². The Labute approximate surface area is 843 Å². The summed E-state index contributed by atoms with van der Waals surface area (Å²) in [5, 5.41) is 68.8. The average Bonchev–Trinajstić information content (AvgIpc) is 1.61. The lowest BCUT2D eigenvalue weighted by Gasteiger charge is -2.36. The first-order chi connectivity index (χ1) is 69.0. The lowest BCUT2D eigenvalue weighted by atomic mass is 9.81. The van der Waals surface area contributed by atoms with Crippen molar-refractivity contribution in [1.82, 2.24) is 74.0 Å². The Balaban J connectivity index is 0.748. The Morgan fingerprint density at radius 2 is 1.05 bits per heavy atom. The number of carbonyl (C=O) groups excluding carboxylic acids is 12. The Morgan fingerprint density at radius 1 is 0.545 bits per heavy atom. The summed E-state index contributed by atoms with van der Waals surface area (Å²) in [6.45, 7) is 10.1. The maximum Gasteiger partial charge on any atom is 0.327 e. The van der Waals surface area contributed by atoms with Crippen molar-refractivity contribution >= 4 is 122 Å². The van der Waals surface area contributed by atoms with Crippen molar-refractivity contribution in [2.75, 3.05) is 73.0 Å². The lowest BCUT2D eigenvalue weighted by Crippen LogP contribution is -2.58. The van der Waals surface area contributed by atoms with Gasteiger partial charge < -0.3 is 105 Å². The molecule has 11 amide bonds. The number of guanidine groups is 2. The summed E-state index contributed by atoms with van der Waals surface area (Å²) in [6, 6.07) is 17.4. The van der Waals surface area contributed by atoms with E-state index in [2.05, 4.69) is 133 Å². The summed E-state index contributed by atoms with van der Waals surface area (Å²) in [7, 11) is -0.301. The zero-order valence-corrected chi connectivity index (χ0v) is 83.7. The number of ketones is 1. The third-order valence-corrected chi connectivity index (χ3v) is 26.7. The molecule has 6 aliphatic rings. The number of benzene rings is 3. The van der Waals surface area contributed by atoms with E-state index in [1.54, 1.807) is 60.7 Å². The monoisotopic (exact) mass is 2020 g/mol. The summed E-state index contributed by atoms with van der Waals surface area (Å²) < 4.78 is 43.9. The molecular weight excluding hydrogens is 1890 g/mol. The third-order valence-electron chi connectivity index (χ3n) is 25.8. The molecule has 1 aromatic heterocycles. The molecule has 0 saturated carbocycles. The van der Waals surface area contributed by atoms with E-state index < -0.39 is 172 Å². The number of rotatable bonds is 44. The van der Waals surface area contributed by atoms with E-state index in [0.29, 0.717) is 111 Å². The number of aromatic nitrogens is 1. The molecule has 3 aromatic carbocycles. The van der Waals surface area contributed by atoms with Gasteiger partial charge in [0.2, 0.25) is 65.0 Å². The van der Waals surface area contributed by atoms with Crippen LogP contribution in [-0.2, 0) is 102 Å². The molecule has 2 unspecified atom stereocenters. The van der Waals surface area contributed by atoms with Crippen LogP contribution in [0.2, 0.25) is 0 Å². The van der Waals surface area contributed by atoms with Crippen molar-refractivity contribution in [1.29, 1.82) is 10.8 Å². The van der Waals surface area contributed by atoms with E-state index in [1.807, 2.05) is 48.8 Å². The normalized spacial score (nSPS) is 21.6. The number of carboxylic acid groups (broad SMARTS) is 2. The molecule has 2 saturated heterocycles. The van der Waals surface area contributed by atoms with Crippen molar-refractivity contribution in [3.63, 3.8) is 0 Å². The van der Waals surface area contributed by atoms with Gasteiger partial charge in [0.05, 0.1) is 80.4 Å². The number of aryl methyl sites for hydroxylation is 1. The number of fused-ring (bicyclic) bond motifs is 2. The highest BCUT2D eigenvalue weighted by Crippen LogP contribution is 2.45. The molecule has 0 bridgehead atoms. The van der Waals surface area contributed by atoms with Crippen LogP contribution in [0.25, 0.3) is 0 Å². The molecule has 2 fully saturated rings. The van der Waals surface area contributed by atoms with Crippen LogP contribution in [0.4, 0.5) is 5.82 Å². The van der Waals surface area contributed by atoms with E-state index in [4.69, 9.17) is 37.0 Å². The second-order valence-electron chi connectivity index (χ2n) is 38.7. The number of pyridine rings is 1. The van der Waals surface area contributed by atoms with Gasteiger partial charge in [0.1, 0.15) is 66.7 Å². The van der Waals surface area contributed by atoms with Crippen molar-refractivity contribution in [2.45, 2.75) is 235 Å². The van der Waals surface area contributed by atoms with Crippen LogP contribution in [0, 0.1) is 22.2 Å². The first kappa shape index (κ1) is 112. The Bertz CT molecular complexity index is 5800. The minimum absolute atomic E-state index is 0.00171. The molecule has 6 aliphatic heterocycles. The van der Waals surface area contributed by atoms with Crippen LogP contribution >= 0.6 is 0 Å². The van der Waals surface area contributed by atoms with Gasteiger partial charge >= 0.3 is 17.8 Å². The smallest absolute Gasteiger partial charge is 0.327 e. The first-order valence-electron chi connectivity index (χ1n) is 49.2. The molecule has 145 heavy (non-hydrogen) atoms. The summed E-state index contributed by atoms with van der Waals surface area (Å²) in [6.07, 6.45) is 20.2. The van der Waals surface area contributed by atoms with Crippen molar-refractivity contribution in [2.24, 2.45) is 32.8 Å². The number of nitrogens with one attached hydrogen (secondary N) is 15. The second kappa shape index (κ2) is 53.6. The molecule has 0 aliphatic carbocycles. The Morgan fingerprint density at radius 3 is 1.61 bits per heavy atom. The maximum absolute atomic E-state index is 14.4. The zero-order valence-electron chi connectivity index (χ0n) is 82.9. The van der Waals surface area contributed by atoms with Gasteiger partial charge in [-0.25, -0.2) is 9.56 Å². The number of quaternary nitrogens is 1. The maximum atomic E-state index is 14.4. The van der Waals surface area contributed by atoms with Crippen molar-refractivity contribution in [3.8, 4) is 5.75 Å². The molecule has 22 N–H and O–H groups in total. The Kier molecular flexibility index (Phi) is 41.6. The zero-order chi connectivity index (χ0) is 105. The van der Waals surface area contributed by atoms with Gasteiger partial charge in [-0.1, -0.05) is 87.0 Å². The average molecular weight is 2020 g/mol. The number of carboxylic acids is 2. The summed E-state index contributed by atoms with van der Waals surface area (Å²) >= 11 is 0. The van der Waals surface area contributed by atoms with Crippen LogP contribution < -0.4 is 89.9 Å². The summed E-state index contributed by atoms with van der Waals surface area (Å²) in [5.74, 6) is -10.5. The number of amidine groups is 1. The van der Waals surface area contributed by atoms with Crippen LogP contribution in [0.3, 0.4) is 0 Å². The van der Waals surface area contributed by atoms with E-state index in [1.165, 1.54) is 24.3 Å². The quantitative estimate of drug-likeness (QED) is 0.00753. The minimum Gasteiger partial charge on any atom is -0.481 e.